The van der Waals surface area contributed by atoms with E-state index >= 15 is 0 Å². The Bertz CT molecular complexity index is 1320. The summed E-state index contributed by atoms with van der Waals surface area (Å²) in [6, 6.07) is 3.50. The Hall–Kier alpha value is -2.51. The molecule has 3 aromatic heterocycles. The third-order valence-electron chi connectivity index (χ3n) is 6.86. The van der Waals surface area contributed by atoms with Gasteiger partial charge in [-0.15, -0.1) is 11.3 Å². The number of imidazole rings is 1. The highest BCUT2D eigenvalue weighted by atomic mass is 35.5. The average Bonchev–Trinajstić information content (AvgIpc) is 3.61. The lowest BCUT2D eigenvalue weighted by Crippen LogP contribution is -2.36. The molecule has 3 heterocycles. The van der Waals surface area contributed by atoms with Gasteiger partial charge in [-0.05, 0) is 56.1 Å². The van der Waals surface area contributed by atoms with Crippen molar-refractivity contribution in [1.82, 2.24) is 19.5 Å². The standard InChI is InChI=1S/C22H20ClN5O3S/c1-10(29)22-8-13(22)17(18(30)19(22)31)28-9-24-16-20(25-11-2-3-11)26-15(27-21(16)28)7-5-12-4-6-14(23)32-12/h4,6,9,11,13,17-19,30-31H,2-3,8H2,1H3,(H,25,26,27)/t13?,17-,18+,19?,22+/m1/s1. The molecule has 6 rings (SSSR count). The number of aliphatic hydroxyl groups excluding tert-OH is 2. The number of Topliss-reactive ketones (excluding diaryl/α,β-unsaturated/α-hetero) is 1. The number of hydrogen-bond acceptors (Lipinski definition) is 8. The van der Waals surface area contributed by atoms with Gasteiger partial charge in [0.15, 0.2) is 17.0 Å². The topological polar surface area (TPSA) is 113 Å². The van der Waals surface area contributed by atoms with Crippen molar-refractivity contribution in [2.75, 3.05) is 5.32 Å². The number of carbonyl (C=O) groups excluding carboxylic acids is 1. The molecule has 2 unspecified atom stereocenters. The Morgan fingerprint density at radius 2 is 2.12 bits per heavy atom. The monoisotopic (exact) mass is 469 g/mol. The van der Waals surface area contributed by atoms with E-state index < -0.39 is 23.7 Å². The first kappa shape index (κ1) is 20.1. The fourth-order valence-corrected chi connectivity index (χ4v) is 5.88. The number of nitrogens with one attached hydrogen (secondary N) is 1. The van der Waals surface area contributed by atoms with E-state index in [1.807, 2.05) is 6.07 Å². The highest BCUT2D eigenvalue weighted by Gasteiger charge is 2.74. The van der Waals surface area contributed by atoms with E-state index in [4.69, 9.17) is 11.6 Å². The molecule has 0 spiro atoms. The quantitative estimate of drug-likeness (QED) is 0.503. The van der Waals surface area contributed by atoms with Crippen LogP contribution >= 0.6 is 22.9 Å². The Kier molecular flexibility index (Phi) is 4.40. The number of thiophene rings is 1. The minimum atomic E-state index is -1.10. The predicted molar refractivity (Wildman–Crippen MR) is 120 cm³/mol. The number of nitrogens with zero attached hydrogens (tertiary/aromatic N) is 4. The number of hydrogen-bond donors (Lipinski definition) is 3. The first-order valence-corrected chi connectivity index (χ1v) is 11.7. The molecule has 32 heavy (non-hydrogen) atoms. The molecule has 10 heteroatoms. The van der Waals surface area contributed by atoms with Crippen LogP contribution in [0.5, 0.6) is 0 Å². The summed E-state index contributed by atoms with van der Waals surface area (Å²) < 4.78 is 2.44. The van der Waals surface area contributed by atoms with Crippen molar-refractivity contribution in [3.05, 3.63) is 33.5 Å². The van der Waals surface area contributed by atoms with Gasteiger partial charge in [-0.3, -0.25) is 4.79 Å². The zero-order valence-electron chi connectivity index (χ0n) is 17.1. The van der Waals surface area contributed by atoms with Crippen LogP contribution in [0.3, 0.4) is 0 Å². The number of halogens is 1. The van der Waals surface area contributed by atoms with Gasteiger partial charge in [0.05, 0.1) is 33.1 Å². The normalized spacial score (nSPS) is 30.6. The first-order valence-electron chi connectivity index (χ1n) is 10.5. The Labute approximate surface area is 192 Å². The number of fused-ring (bicyclic) bond motifs is 2. The van der Waals surface area contributed by atoms with Crippen molar-refractivity contribution in [2.45, 2.75) is 50.5 Å². The van der Waals surface area contributed by atoms with E-state index in [-0.39, 0.29) is 11.7 Å². The molecule has 0 bridgehead atoms. The molecule has 0 aromatic carbocycles. The van der Waals surface area contributed by atoms with Crippen LogP contribution in [0.2, 0.25) is 4.34 Å². The van der Waals surface area contributed by atoms with Gasteiger partial charge in [0.1, 0.15) is 11.9 Å². The van der Waals surface area contributed by atoms with E-state index in [0.717, 1.165) is 17.7 Å². The fraction of sp³-hybridized carbons (Fsp3) is 0.455. The number of rotatable bonds is 4. The zero-order valence-corrected chi connectivity index (χ0v) is 18.7. The minimum absolute atomic E-state index is 0.0900. The van der Waals surface area contributed by atoms with Crippen molar-refractivity contribution < 1.29 is 15.0 Å². The molecule has 0 saturated heterocycles. The summed E-state index contributed by atoms with van der Waals surface area (Å²) in [6.07, 6.45) is 2.13. The van der Waals surface area contributed by atoms with Gasteiger partial charge in [0.2, 0.25) is 5.82 Å². The summed E-state index contributed by atoms with van der Waals surface area (Å²) in [4.78, 5) is 26.8. The maximum Gasteiger partial charge on any atom is 0.209 e. The highest BCUT2D eigenvalue weighted by molar-refractivity contribution is 7.16. The van der Waals surface area contributed by atoms with Crippen molar-refractivity contribution in [1.29, 1.82) is 0 Å². The molecule has 164 valence electrons. The molecule has 3 N–H and O–H groups in total. The summed E-state index contributed by atoms with van der Waals surface area (Å²) in [7, 11) is 0. The summed E-state index contributed by atoms with van der Waals surface area (Å²) in [5, 5.41) is 24.8. The van der Waals surface area contributed by atoms with E-state index in [1.165, 1.54) is 18.3 Å². The van der Waals surface area contributed by atoms with Gasteiger partial charge in [-0.1, -0.05) is 11.6 Å². The molecule has 3 aliphatic carbocycles. The zero-order chi connectivity index (χ0) is 22.2. The van der Waals surface area contributed by atoms with E-state index in [1.54, 1.807) is 17.0 Å². The molecular weight excluding hydrogens is 450 g/mol. The average molecular weight is 470 g/mol. The lowest BCUT2D eigenvalue weighted by atomic mass is 9.95. The van der Waals surface area contributed by atoms with Crippen LogP contribution in [0.25, 0.3) is 11.2 Å². The van der Waals surface area contributed by atoms with Crippen LogP contribution in [0, 0.1) is 23.2 Å². The van der Waals surface area contributed by atoms with E-state index in [9.17, 15) is 15.0 Å². The van der Waals surface area contributed by atoms with Gasteiger partial charge < -0.3 is 20.1 Å². The molecule has 0 radical (unpaired) electrons. The van der Waals surface area contributed by atoms with Crippen molar-refractivity contribution in [3.63, 3.8) is 0 Å². The maximum atomic E-state index is 12.2. The van der Waals surface area contributed by atoms with E-state index in [0.29, 0.717) is 39.6 Å². The predicted octanol–water partition coefficient (Wildman–Crippen LogP) is 2.39. The van der Waals surface area contributed by atoms with Crippen LogP contribution in [-0.4, -0.2) is 53.8 Å². The SMILES string of the molecule is CC(=O)[C@@]12CC1[C@@H](n1cnc3c(NC4CC4)nc(C#Cc4ccc(Cl)s4)nc31)[C@H](O)C2O. The number of aromatic nitrogens is 4. The van der Waals surface area contributed by atoms with Crippen LogP contribution < -0.4 is 5.32 Å². The van der Waals surface area contributed by atoms with Gasteiger partial charge in [-0.2, -0.15) is 0 Å². The molecule has 3 aromatic rings. The minimum Gasteiger partial charge on any atom is -0.389 e. The fourth-order valence-electron chi connectivity index (χ4n) is 4.98. The molecule has 5 atom stereocenters. The Balaban J connectivity index is 1.44. The van der Waals surface area contributed by atoms with E-state index in [2.05, 4.69) is 32.1 Å². The third kappa shape index (κ3) is 2.98. The van der Waals surface area contributed by atoms with Gasteiger partial charge >= 0.3 is 0 Å². The molecular formula is C22H20ClN5O3S. The number of carbonyl (C=O) groups is 1. The summed E-state index contributed by atoms with van der Waals surface area (Å²) in [5.74, 6) is 6.74. The van der Waals surface area contributed by atoms with Crippen molar-refractivity contribution in [3.8, 4) is 11.8 Å². The second-order valence-corrected chi connectivity index (χ2v) is 10.5. The van der Waals surface area contributed by atoms with Gasteiger partial charge in [0.25, 0.3) is 0 Å². The molecule has 0 aliphatic heterocycles. The molecule has 3 fully saturated rings. The first-order chi connectivity index (χ1) is 15.4. The highest BCUT2D eigenvalue weighted by Crippen LogP contribution is 2.68. The summed E-state index contributed by atoms with van der Waals surface area (Å²) in [6.45, 7) is 1.48. The third-order valence-corrected chi connectivity index (χ3v) is 8.01. The Morgan fingerprint density at radius 3 is 2.78 bits per heavy atom. The maximum absolute atomic E-state index is 12.2. The van der Waals surface area contributed by atoms with Gasteiger partial charge in [-0.25, -0.2) is 15.0 Å². The van der Waals surface area contributed by atoms with Crippen molar-refractivity contribution in [2.24, 2.45) is 11.3 Å². The smallest absolute Gasteiger partial charge is 0.209 e. The number of aliphatic hydroxyl groups is 2. The van der Waals surface area contributed by atoms with Crippen LogP contribution in [0.15, 0.2) is 18.5 Å². The molecule has 3 saturated carbocycles. The second-order valence-electron chi connectivity index (χ2n) is 8.83. The van der Waals surface area contributed by atoms with Crippen LogP contribution in [0.1, 0.15) is 42.9 Å². The molecule has 0 amide bonds. The molecule has 8 nitrogen and oxygen atoms in total. The van der Waals surface area contributed by atoms with Crippen LogP contribution in [0.4, 0.5) is 5.82 Å². The lowest BCUT2D eigenvalue weighted by molar-refractivity contribution is -0.128. The second kappa shape index (κ2) is 6.99. The lowest BCUT2D eigenvalue weighted by Gasteiger charge is -2.23. The van der Waals surface area contributed by atoms with Gasteiger partial charge in [0, 0.05) is 6.04 Å². The van der Waals surface area contributed by atoms with Crippen molar-refractivity contribution >= 4 is 45.7 Å². The summed E-state index contributed by atoms with van der Waals surface area (Å²) in [5.41, 5.74) is 0.243. The summed E-state index contributed by atoms with van der Waals surface area (Å²) >= 11 is 7.37. The number of anilines is 1. The largest absolute Gasteiger partial charge is 0.389 e. The van der Waals surface area contributed by atoms with Crippen LogP contribution in [-0.2, 0) is 4.79 Å². The molecule has 3 aliphatic rings. The Morgan fingerprint density at radius 1 is 1.31 bits per heavy atom. The number of ketones is 1.